The fourth-order valence-electron chi connectivity index (χ4n) is 4.24. The Morgan fingerprint density at radius 3 is 2.49 bits per heavy atom. The quantitative estimate of drug-likeness (QED) is 0.360. The van der Waals surface area contributed by atoms with Crippen LogP contribution in [0, 0.1) is 11.3 Å². The molecule has 1 fully saturated rings. The zero-order chi connectivity index (χ0) is 24.4. The second-order valence-electron chi connectivity index (χ2n) is 8.33. The Kier molecular flexibility index (Phi) is 6.05. The van der Waals surface area contributed by atoms with Crippen molar-refractivity contribution in [2.75, 3.05) is 31.1 Å². The zero-order valence-electron chi connectivity index (χ0n) is 18.6. The molecule has 1 aliphatic heterocycles. The zero-order valence-corrected chi connectivity index (χ0v) is 18.6. The molecule has 0 saturated carbocycles. The third-order valence-corrected chi connectivity index (χ3v) is 5.99. The van der Waals surface area contributed by atoms with E-state index >= 15 is 0 Å². The highest BCUT2D eigenvalue weighted by atomic mass is 19.4. The number of hydrogen-bond acceptors (Lipinski definition) is 6. The van der Waals surface area contributed by atoms with E-state index in [1.54, 1.807) is 12.1 Å². The van der Waals surface area contributed by atoms with Crippen LogP contribution in [0.25, 0.3) is 11.0 Å². The van der Waals surface area contributed by atoms with Crippen molar-refractivity contribution in [2.45, 2.75) is 12.7 Å². The molecule has 2 heterocycles. The molecule has 5 rings (SSSR count). The summed E-state index contributed by atoms with van der Waals surface area (Å²) < 4.78 is 50.9. The number of nitriles is 1. The molecule has 0 unspecified atom stereocenters. The Bertz CT molecular complexity index is 1390. The van der Waals surface area contributed by atoms with Crippen LogP contribution >= 0.6 is 0 Å². The largest absolute Gasteiger partial charge is 0.457 e. The van der Waals surface area contributed by atoms with Crippen LogP contribution < -0.4 is 9.64 Å². The predicted molar refractivity (Wildman–Crippen MR) is 124 cm³/mol. The minimum atomic E-state index is -4.63. The summed E-state index contributed by atoms with van der Waals surface area (Å²) in [5.41, 5.74) is 0.321. The molecule has 35 heavy (non-hydrogen) atoms. The summed E-state index contributed by atoms with van der Waals surface area (Å²) >= 11 is 0. The first-order valence-corrected chi connectivity index (χ1v) is 11.1. The first kappa shape index (κ1) is 22.7. The van der Waals surface area contributed by atoms with Gasteiger partial charge in [0.2, 0.25) is 0 Å². The summed E-state index contributed by atoms with van der Waals surface area (Å²) in [6.07, 6.45) is -4.63. The van der Waals surface area contributed by atoms with Gasteiger partial charge in [0.25, 0.3) is 0 Å². The van der Waals surface area contributed by atoms with Gasteiger partial charge in [-0.1, -0.05) is 29.4 Å². The number of anilines is 1. The minimum absolute atomic E-state index is 0.0296. The molecule has 3 aromatic carbocycles. The van der Waals surface area contributed by atoms with Gasteiger partial charge in [-0.15, -0.1) is 0 Å². The molecule has 4 aromatic rings. The molecule has 1 aromatic heterocycles. The van der Waals surface area contributed by atoms with E-state index in [9.17, 15) is 13.2 Å². The second kappa shape index (κ2) is 9.31. The topological polar surface area (TPSA) is 65.5 Å². The number of piperazine rings is 1. The van der Waals surface area contributed by atoms with Crippen LogP contribution in [0.15, 0.2) is 71.3 Å². The molecule has 0 bridgehead atoms. The maximum absolute atomic E-state index is 13.2. The highest BCUT2D eigenvalue weighted by molar-refractivity contribution is 5.88. The van der Waals surface area contributed by atoms with Gasteiger partial charge < -0.3 is 14.2 Å². The number of benzene rings is 3. The maximum Gasteiger partial charge on any atom is 0.417 e. The standard InChI is InChI=1S/C26H21F3N4O2/c27-26(28,29)23-15-21(9-8-19(23)16-30)34-20-5-3-4-18(14-20)17-32-10-12-33(13-11-32)25-22-6-1-2-7-24(22)35-31-25/h1-9,14-15H,10-13,17H2. The van der Waals surface area contributed by atoms with Crippen LogP contribution in [0.2, 0.25) is 0 Å². The molecule has 1 aliphatic rings. The van der Waals surface area contributed by atoms with E-state index in [1.807, 2.05) is 42.5 Å². The van der Waals surface area contributed by atoms with E-state index in [1.165, 1.54) is 6.07 Å². The van der Waals surface area contributed by atoms with Crippen molar-refractivity contribution in [1.29, 1.82) is 5.26 Å². The Morgan fingerprint density at radius 1 is 0.943 bits per heavy atom. The number of rotatable bonds is 5. The maximum atomic E-state index is 13.2. The molecule has 0 aliphatic carbocycles. The summed E-state index contributed by atoms with van der Waals surface area (Å²) in [7, 11) is 0. The number of fused-ring (bicyclic) bond motifs is 1. The molecule has 0 radical (unpaired) electrons. The van der Waals surface area contributed by atoms with Crippen molar-refractivity contribution in [3.8, 4) is 17.6 Å². The number of ether oxygens (including phenoxy) is 1. The Labute approximate surface area is 199 Å². The monoisotopic (exact) mass is 478 g/mol. The molecule has 0 amide bonds. The van der Waals surface area contributed by atoms with E-state index < -0.39 is 17.3 Å². The highest BCUT2D eigenvalue weighted by Gasteiger charge is 2.34. The SMILES string of the molecule is N#Cc1ccc(Oc2cccc(CN3CCN(c4noc5ccccc45)CC3)c2)cc1C(F)(F)F. The first-order chi connectivity index (χ1) is 16.9. The van der Waals surface area contributed by atoms with Crippen molar-refractivity contribution in [2.24, 2.45) is 0 Å². The molecule has 9 heteroatoms. The lowest BCUT2D eigenvalue weighted by molar-refractivity contribution is -0.137. The van der Waals surface area contributed by atoms with Crippen LogP contribution in [0.4, 0.5) is 19.0 Å². The van der Waals surface area contributed by atoms with E-state index in [4.69, 9.17) is 14.5 Å². The number of hydrogen-bond donors (Lipinski definition) is 0. The van der Waals surface area contributed by atoms with E-state index in [-0.39, 0.29) is 5.75 Å². The van der Waals surface area contributed by atoms with Gasteiger partial charge in [0.15, 0.2) is 11.4 Å². The van der Waals surface area contributed by atoms with E-state index in [2.05, 4.69) is 15.0 Å². The highest BCUT2D eigenvalue weighted by Crippen LogP contribution is 2.35. The lowest BCUT2D eigenvalue weighted by Gasteiger charge is -2.34. The lowest BCUT2D eigenvalue weighted by atomic mass is 10.1. The van der Waals surface area contributed by atoms with Crippen LogP contribution in [0.3, 0.4) is 0 Å². The molecule has 178 valence electrons. The fourth-order valence-corrected chi connectivity index (χ4v) is 4.24. The van der Waals surface area contributed by atoms with E-state index in [0.29, 0.717) is 12.3 Å². The number of halogens is 3. The molecule has 0 atom stereocenters. The summed E-state index contributed by atoms with van der Waals surface area (Å²) in [5, 5.41) is 14.2. The Morgan fingerprint density at radius 2 is 1.71 bits per heavy atom. The van der Waals surface area contributed by atoms with Crippen molar-refractivity contribution in [1.82, 2.24) is 10.1 Å². The average molecular weight is 478 g/mol. The summed E-state index contributed by atoms with van der Waals surface area (Å²) in [4.78, 5) is 4.52. The average Bonchev–Trinajstić information content (AvgIpc) is 3.28. The fraction of sp³-hybridized carbons (Fsp3) is 0.231. The van der Waals surface area contributed by atoms with Crippen molar-refractivity contribution in [3.63, 3.8) is 0 Å². The van der Waals surface area contributed by atoms with Crippen molar-refractivity contribution >= 4 is 16.8 Å². The van der Waals surface area contributed by atoms with Gasteiger partial charge in [-0.05, 0) is 48.0 Å². The molecule has 0 N–H and O–H groups in total. The van der Waals surface area contributed by atoms with Crippen LogP contribution in [0.5, 0.6) is 11.5 Å². The molecule has 6 nitrogen and oxygen atoms in total. The van der Waals surface area contributed by atoms with Crippen LogP contribution in [-0.4, -0.2) is 36.2 Å². The number of nitrogens with zero attached hydrogens (tertiary/aromatic N) is 4. The second-order valence-corrected chi connectivity index (χ2v) is 8.33. The number of para-hydroxylation sites is 1. The molecule has 1 saturated heterocycles. The van der Waals surface area contributed by atoms with Crippen molar-refractivity contribution in [3.05, 3.63) is 83.4 Å². The van der Waals surface area contributed by atoms with Crippen LogP contribution in [0.1, 0.15) is 16.7 Å². The Balaban J connectivity index is 1.23. The minimum Gasteiger partial charge on any atom is -0.457 e. The van der Waals surface area contributed by atoms with Gasteiger partial charge >= 0.3 is 6.18 Å². The van der Waals surface area contributed by atoms with Crippen molar-refractivity contribution < 1.29 is 22.4 Å². The first-order valence-electron chi connectivity index (χ1n) is 11.1. The van der Waals surface area contributed by atoms with Crippen LogP contribution in [-0.2, 0) is 12.7 Å². The number of aromatic nitrogens is 1. The van der Waals surface area contributed by atoms with Gasteiger partial charge in [0.1, 0.15) is 11.5 Å². The third-order valence-electron chi connectivity index (χ3n) is 5.99. The van der Waals surface area contributed by atoms with Gasteiger partial charge in [-0.3, -0.25) is 4.90 Å². The molecular weight excluding hydrogens is 457 g/mol. The van der Waals surface area contributed by atoms with Gasteiger partial charge in [-0.25, -0.2) is 0 Å². The smallest absolute Gasteiger partial charge is 0.417 e. The normalized spacial score (nSPS) is 14.7. The summed E-state index contributed by atoms with van der Waals surface area (Å²) in [6, 6.07) is 20.0. The summed E-state index contributed by atoms with van der Waals surface area (Å²) in [5.74, 6) is 1.33. The van der Waals surface area contributed by atoms with Gasteiger partial charge in [0.05, 0.1) is 22.6 Å². The van der Waals surface area contributed by atoms with E-state index in [0.717, 1.165) is 60.7 Å². The van der Waals surface area contributed by atoms with Gasteiger partial charge in [-0.2, -0.15) is 18.4 Å². The lowest BCUT2D eigenvalue weighted by Crippen LogP contribution is -2.46. The molecule has 0 spiro atoms. The third kappa shape index (κ3) is 4.93. The van der Waals surface area contributed by atoms with Gasteiger partial charge in [0, 0.05) is 32.7 Å². The molecular formula is C26H21F3N4O2. The Hall–Kier alpha value is -4.03. The summed E-state index contributed by atoms with van der Waals surface area (Å²) in [6.45, 7) is 3.95. The predicted octanol–water partition coefficient (Wildman–Crippen LogP) is 5.83. The number of alkyl halides is 3.